The van der Waals surface area contributed by atoms with Crippen molar-refractivity contribution in [1.82, 2.24) is 0 Å². The predicted molar refractivity (Wildman–Crippen MR) is 70.1 cm³/mol. The minimum absolute atomic E-state index is 0.764. The van der Waals surface area contributed by atoms with E-state index in [-0.39, 0.29) is 0 Å². The van der Waals surface area contributed by atoms with E-state index in [0.717, 1.165) is 19.6 Å². The van der Waals surface area contributed by atoms with Gasteiger partial charge in [0.05, 0.1) is 0 Å². The third-order valence-corrected chi connectivity index (χ3v) is 4.18. The molecule has 0 atom stereocenters. The lowest BCUT2D eigenvalue weighted by atomic mass is 9.89. The van der Waals surface area contributed by atoms with Gasteiger partial charge in [0, 0.05) is 0 Å². The maximum atomic E-state index is 13.5. The van der Waals surface area contributed by atoms with Crippen LogP contribution in [0.2, 0.25) is 19.6 Å². The van der Waals surface area contributed by atoms with Gasteiger partial charge in [0.1, 0.15) is 0 Å². The Balaban J connectivity index is 6.75. The van der Waals surface area contributed by atoms with Crippen molar-refractivity contribution in [2.45, 2.75) is 67.3 Å². The van der Waals surface area contributed by atoms with E-state index in [1.54, 1.807) is 0 Å². The third kappa shape index (κ3) is 4.10. The lowest BCUT2D eigenvalue weighted by Gasteiger charge is -2.42. The zero-order chi connectivity index (χ0) is 26.8. The lowest BCUT2D eigenvalue weighted by Crippen LogP contribution is -2.75. The molecule has 0 aliphatic rings. The average molecular weight is 536 g/mol. The standard InChI is InChI=1S/C12H9F17O2Si/c1-32(2,3)31-4(30)5(13,14)6(15,16)7(17,18)8(19,20)9(21,22)10(23,24)11(25,26)12(27,28)29/h1-3H3. The van der Waals surface area contributed by atoms with Gasteiger partial charge in [-0.3, -0.25) is 0 Å². The molecule has 192 valence electrons. The van der Waals surface area contributed by atoms with E-state index in [1.807, 2.05) is 0 Å². The second-order valence-corrected chi connectivity index (χ2v) is 11.4. The summed E-state index contributed by atoms with van der Waals surface area (Å²) in [6.07, 6.45) is -7.82. The summed E-state index contributed by atoms with van der Waals surface area (Å²) in [5.74, 6) is -61.7. The van der Waals surface area contributed by atoms with Crippen molar-refractivity contribution in [3.05, 3.63) is 0 Å². The number of hydrogen-bond acceptors (Lipinski definition) is 2. The van der Waals surface area contributed by atoms with E-state index in [0.29, 0.717) is 0 Å². The maximum Gasteiger partial charge on any atom is 0.460 e. The Morgan fingerprint density at radius 1 is 0.500 bits per heavy atom. The third-order valence-electron chi connectivity index (χ3n) is 3.38. The van der Waals surface area contributed by atoms with Crippen LogP contribution in [0, 0.1) is 0 Å². The molecule has 0 aromatic heterocycles. The summed E-state index contributed by atoms with van der Waals surface area (Å²) in [6.45, 7) is 2.29. The highest BCUT2D eigenvalue weighted by Crippen LogP contribution is 2.64. The van der Waals surface area contributed by atoms with E-state index < -0.39 is 61.9 Å². The second-order valence-electron chi connectivity index (χ2n) is 7.02. The molecule has 20 heteroatoms. The Labute approximate surface area is 166 Å². The molecule has 0 amide bonds. The second kappa shape index (κ2) is 7.50. The molecule has 0 radical (unpaired) electrons. The topological polar surface area (TPSA) is 26.3 Å². The Morgan fingerprint density at radius 3 is 1.00 bits per heavy atom. The summed E-state index contributed by atoms with van der Waals surface area (Å²) in [5.41, 5.74) is 0. The van der Waals surface area contributed by atoms with Gasteiger partial charge in [-0.05, 0) is 19.6 Å². The van der Waals surface area contributed by atoms with Crippen LogP contribution in [0.4, 0.5) is 74.6 Å². The minimum Gasteiger partial charge on any atom is -0.515 e. The van der Waals surface area contributed by atoms with Crippen molar-refractivity contribution < 1.29 is 83.9 Å². The highest BCUT2D eigenvalue weighted by atomic mass is 28.4. The summed E-state index contributed by atoms with van der Waals surface area (Å²) in [7, 11) is -3.71. The van der Waals surface area contributed by atoms with Gasteiger partial charge in [0.2, 0.25) is 8.32 Å². The van der Waals surface area contributed by atoms with Gasteiger partial charge in [0.25, 0.3) is 0 Å². The van der Waals surface area contributed by atoms with Gasteiger partial charge < -0.3 is 4.43 Å². The molecular formula is C12H9F17O2Si. The largest absolute Gasteiger partial charge is 0.515 e. The molecular weight excluding hydrogens is 527 g/mol. The predicted octanol–water partition coefficient (Wildman–Crippen LogP) is 6.37. The first-order valence-electron chi connectivity index (χ1n) is 7.33. The number of carbonyl (C=O) groups is 1. The number of alkyl halides is 17. The molecule has 0 saturated carbocycles. The molecule has 32 heavy (non-hydrogen) atoms. The van der Waals surface area contributed by atoms with E-state index in [9.17, 15) is 79.4 Å². The van der Waals surface area contributed by atoms with Crippen molar-refractivity contribution in [3.8, 4) is 0 Å². The highest BCUT2D eigenvalue weighted by molar-refractivity contribution is 6.71. The van der Waals surface area contributed by atoms with Crippen LogP contribution in [0.15, 0.2) is 0 Å². The summed E-state index contributed by atoms with van der Waals surface area (Å²) in [5, 5.41) is 0. The Hall–Kier alpha value is -1.50. The van der Waals surface area contributed by atoms with Gasteiger partial charge in [-0.15, -0.1) is 0 Å². The van der Waals surface area contributed by atoms with Crippen LogP contribution in [0.1, 0.15) is 0 Å². The van der Waals surface area contributed by atoms with Gasteiger partial charge >= 0.3 is 53.6 Å². The summed E-state index contributed by atoms with van der Waals surface area (Å²) >= 11 is 0. The molecule has 0 unspecified atom stereocenters. The van der Waals surface area contributed by atoms with E-state index in [2.05, 4.69) is 4.43 Å². The summed E-state index contributed by atoms with van der Waals surface area (Å²) in [6, 6.07) is 0. The molecule has 0 aromatic carbocycles. The van der Waals surface area contributed by atoms with Crippen LogP contribution in [0.25, 0.3) is 0 Å². The molecule has 0 heterocycles. The summed E-state index contributed by atoms with van der Waals surface area (Å²) < 4.78 is 225. The molecule has 0 bridgehead atoms. The van der Waals surface area contributed by atoms with Gasteiger partial charge in [-0.1, -0.05) is 0 Å². The van der Waals surface area contributed by atoms with E-state index in [1.165, 1.54) is 0 Å². The lowest BCUT2D eigenvalue weighted by molar-refractivity contribution is -0.459. The molecule has 0 aliphatic heterocycles. The van der Waals surface area contributed by atoms with E-state index in [4.69, 9.17) is 0 Å². The van der Waals surface area contributed by atoms with Crippen LogP contribution >= 0.6 is 0 Å². The highest BCUT2D eigenvalue weighted by Gasteiger charge is 2.95. The zero-order valence-electron chi connectivity index (χ0n) is 15.2. The first-order chi connectivity index (χ1) is 13.4. The quantitative estimate of drug-likeness (QED) is 0.266. The van der Waals surface area contributed by atoms with Crippen molar-refractivity contribution in [3.63, 3.8) is 0 Å². The monoisotopic (exact) mass is 536 g/mol. The van der Waals surface area contributed by atoms with Gasteiger partial charge in [-0.25, -0.2) is 4.79 Å². The first kappa shape index (κ1) is 30.5. The van der Waals surface area contributed by atoms with Crippen LogP contribution in [0.3, 0.4) is 0 Å². The van der Waals surface area contributed by atoms with Crippen molar-refractivity contribution in [2.75, 3.05) is 0 Å². The van der Waals surface area contributed by atoms with Crippen molar-refractivity contribution in [1.29, 1.82) is 0 Å². The summed E-state index contributed by atoms with van der Waals surface area (Å²) in [4.78, 5) is 11.0. The SMILES string of the molecule is C[Si](C)(C)OC(=O)C(F)(F)C(F)(F)C(F)(F)C(F)(F)C(F)(F)C(F)(F)C(F)(F)C(F)(F)F. The van der Waals surface area contributed by atoms with E-state index >= 15 is 0 Å². The van der Waals surface area contributed by atoms with Crippen LogP contribution in [-0.2, 0) is 9.22 Å². The normalized spacial score (nSPS) is 16.2. The molecule has 0 spiro atoms. The molecule has 0 rings (SSSR count). The molecule has 2 nitrogen and oxygen atoms in total. The fourth-order valence-electron chi connectivity index (χ4n) is 1.63. The van der Waals surface area contributed by atoms with Gasteiger partial charge in [0.15, 0.2) is 0 Å². The number of carbonyl (C=O) groups excluding carboxylic acids is 1. The average Bonchev–Trinajstić information content (AvgIpc) is 2.50. The Bertz CT molecular complexity index is 718. The number of rotatable bonds is 8. The number of halogens is 17. The van der Waals surface area contributed by atoms with Crippen LogP contribution in [-0.4, -0.2) is 61.9 Å². The Kier molecular flexibility index (Phi) is 7.15. The molecule has 0 fully saturated rings. The molecule has 0 N–H and O–H groups in total. The fourth-order valence-corrected chi connectivity index (χ4v) is 2.32. The molecule has 0 saturated heterocycles. The molecule has 0 aliphatic carbocycles. The van der Waals surface area contributed by atoms with Crippen molar-refractivity contribution >= 4 is 14.3 Å². The molecule has 0 aromatic rings. The number of hydrogen-bond donors (Lipinski definition) is 0. The van der Waals surface area contributed by atoms with Crippen LogP contribution < -0.4 is 0 Å². The van der Waals surface area contributed by atoms with Crippen LogP contribution in [0.5, 0.6) is 0 Å². The van der Waals surface area contributed by atoms with Gasteiger partial charge in [-0.2, -0.15) is 74.6 Å². The maximum absolute atomic E-state index is 13.5. The minimum atomic E-state index is -8.73. The Morgan fingerprint density at radius 2 is 0.750 bits per heavy atom. The smallest absolute Gasteiger partial charge is 0.460 e. The first-order valence-corrected chi connectivity index (χ1v) is 10.7. The zero-order valence-corrected chi connectivity index (χ0v) is 16.2. The fraction of sp³-hybridized carbons (Fsp3) is 0.917. The van der Waals surface area contributed by atoms with Crippen molar-refractivity contribution in [2.24, 2.45) is 0 Å².